The van der Waals surface area contributed by atoms with Crippen molar-refractivity contribution in [1.82, 2.24) is 0 Å². The fourth-order valence-electron chi connectivity index (χ4n) is 3.50. The van der Waals surface area contributed by atoms with E-state index in [9.17, 15) is 22.8 Å². The number of hydrogen-bond acceptors (Lipinski definition) is 6. The van der Waals surface area contributed by atoms with Crippen LogP contribution < -0.4 is 19.6 Å². The highest BCUT2D eigenvalue weighted by Gasteiger charge is 2.39. The Hall–Kier alpha value is -3.98. The second-order valence-corrected chi connectivity index (χ2v) is 7.69. The number of carbonyl (C=O) groups excluding carboxylic acids is 1. The summed E-state index contributed by atoms with van der Waals surface area (Å²) in [6.45, 7) is 0.0249. The van der Waals surface area contributed by atoms with Crippen molar-refractivity contribution in [2.45, 2.75) is 6.18 Å². The summed E-state index contributed by atoms with van der Waals surface area (Å²) in [6.07, 6.45) is -4.96. The van der Waals surface area contributed by atoms with Crippen molar-refractivity contribution in [2.75, 3.05) is 6.79 Å². The molecule has 0 atom stereocenters. The number of hydrogen-bond donors (Lipinski definition) is 0. The number of alkyl halides is 3. The van der Waals surface area contributed by atoms with Crippen LogP contribution in [0.2, 0.25) is 5.02 Å². The molecule has 2 heterocycles. The van der Waals surface area contributed by atoms with Crippen molar-refractivity contribution in [3.05, 3.63) is 87.2 Å². The van der Waals surface area contributed by atoms with E-state index in [0.717, 1.165) is 6.07 Å². The third-order valence-electron chi connectivity index (χ3n) is 5.07. The zero-order valence-corrected chi connectivity index (χ0v) is 17.7. The zero-order valence-electron chi connectivity index (χ0n) is 16.9. The third kappa shape index (κ3) is 3.94. The minimum absolute atomic E-state index is 0.00527. The van der Waals surface area contributed by atoms with Crippen LogP contribution in [0.3, 0.4) is 0 Å². The topological polar surface area (TPSA) is 75.0 Å². The van der Waals surface area contributed by atoms with Crippen LogP contribution in [0, 0.1) is 0 Å². The van der Waals surface area contributed by atoms with Gasteiger partial charge in [0.05, 0.1) is 16.5 Å². The lowest BCUT2D eigenvalue weighted by Crippen LogP contribution is -2.16. The van der Waals surface area contributed by atoms with E-state index in [1.54, 1.807) is 0 Å². The predicted octanol–water partition coefficient (Wildman–Crippen LogP) is 6.08. The predicted molar refractivity (Wildman–Crippen MR) is 115 cm³/mol. The van der Waals surface area contributed by atoms with E-state index < -0.39 is 28.9 Å². The highest BCUT2D eigenvalue weighted by Crippen LogP contribution is 2.38. The summed E-state index contributed by atoms with van der Waals surface area (Å²) in [5.74, 6) is -1.52. The standard InChI is InChI=1S/C24H12ClF3O6/c25-14-4-1-12(2-5-14)20-21(29)16-7-6-15(10-18(16)34-22(20)24(26,27)28)33-23(30)13-3-8-17-19(9-13)32-11-31-17/h1-10H,11H2. The van der Waals surface area contributed by atoms with Gasteiger partial charge in [-0.3, -0.25) is 4.79 Å². The molecule has 0 fully saturated rings. The Morgan fingerprint density at radius 2 is 1.68 bits per heavy atom. The Morgan fingerprint density at radius 3 is 2.41 bits per heavy atom. The number of fused-ring (bicyclic) bond motifs is 2. The van der Waals surface area contributed by atoms with Crippen LogP contribution in [-0.2, 0) is 6.18 Å². The van der Waals surface area contributed by atoms with E-state index in [2.05, 4.69) is 0 Å². The molecule has 10 heteroatoms. The molecule has 0 N–H and O–H groups in total. The van der Waals surface area contributed by atoms with Crippen molar-refractivity contribution in [3.63, 3.8) is 0 Å². The van der Waals surface area contributed by atoms with Gasteiger partial charge in [-0.15, -0.1) is 0 Å². The number of carbonyl (C=O) groups is 1. The van der Waals surface area contributed by atoms with E-state index >= 15 is 0 Å². The molecule has 0 amide bonds. The third-order valence-corrected chi connectivity index (χ3v) is 5.33. The Kier molecular flexibility index (Phi) is 5.21. The van der Waals surface area contributed by atoms with E-state index in [0.29, 0.717) is 16.5 Å². The summed E-state index contributed by atoms with van der Waals surface area (Å²) in [7, 11) is 0. The van der Waals surface area contributed by atoms with Gasteiger partial charge in [-0.25, -0.2) is 4.79 Å². The molecule has 0 unspecified atom stereocenters. The van der Waals surface area contributed by atoms with Crippen molar-refractivity contribution in [1.29, 1.82) is 0 Å². The van der Waals surface area contributed by atoms with Gasteiger partial charge >= 0.3 is 12.1 Å². The molecule has 0 saturated heterocycles. The Morgan fingerprint density at radius 1 is 0.941 bits per heavy atom. The quantitative estimate of drug-likeness (QED) is 0.257. The highest BCUT2D eigenvalue weighted by molar-refractivity contribution is 6.30. The summed E-state index contributed by atoms with van der Waals surface area (Å²) in [5, 5.41) is 0.192. The number of halogens is 4. The maximum Gasteiger partial charge on any atom is 0.450 e. The summed E-state index contributed by atoms with van der Waals surface area (Å²) in [4.78, 5) is 25.5. The number of benzene rings is 3. The first-order valence-corrected chi connectivity index (χ1v) is 10.1. The fourth-order valence-corrected chi connectivity index (χ4v) is 3.63. The van der Waals surface area contributed by atoms with Crippen molar-refractivity contribution in [2.24, 2.45) is 0 Å². The molecule has 1 aromatic heterocycles. The van der Waals surface area contributed by atoms with Crippen LogP contribution >= 0.6 is 11.6 Å². The molecule has 34 heavy (non-hydrogen) atoms. The number of rotatable bonds is 3. The van der Waals surface area contributed by atoms with Crippen molar-refractivity contribution < 1.29 is 36.6 Å². The van der Waals surface area contributed by atoms with Gasteiger partial charge in [-0.2, -0.15) is 13.2 Å². The van der Waals surface area contributed by atoms with Crippen molar-refractivity contribution >= 4 is 28.5 Å². The normalized spacial score (nSPS) is 12.7. The second kappa shape index (κ2) is 8.11. The lowest BCUT2D eigenvalue weighted by Gasteiger charge is -2.13. The molecule has 0 aliphatic carbocycles. The SMILES string of the molecule is O=C(Oc1ccc2c(=O)c(-c3ccc(Cl)cc3)c(C(F)(F)F)oc2c1)c1ccc2c(c1)OCO2. The molecule has 172 valence electrons. The van der Waals surface area contributed by atoms with E-state index in [-0.39, 0.29) is 34.6 Å². The Balaban J connectivity index is 1.55. The van der Waals surface area contributed by atoms with Gasteiger partial charge in [-0.05, 0) is 48.0 Å². The molecule has 1 aliphatic heterocycles. The van der Waals surface area contributed by atoms with Gasteiger partial charge in [0.2, 0.25) is 18.0 Å². The van der Waals surface area contributed by atoms with Crippen LogP contribution in [0.1, 0.15) is 16.1 Å². The largest absolute Gasteiger partial charge is 0.454 e. The van der Waals surface area contributed by atoms with Gasteiger partial charge in [-0.1, -0.05) is 23.7 Å². The van der Waals surface area contributed by atoms with Gasteiger partial charge in [0.1, 0.15) is 11.3 Å². The fraction of sp³-hybridized carbons (Fsp3) is 0.0833. The van der Waals surface area contributed by atoms with Crippen LogP contribution in [0.15, 0.2) is 69.9 Å². The minimum atomic E-state index is -4.96. The van der Waals surface area contributed by atoms with Gasteiger partial charge in [0, 0.05) is 11.1 Å². The minimum Gasteiger partial charge on any atom is -0.454 e. The molecule has 0 saturated carbocycles. The van der Waals surface area contributed by atoms with Crippen LogP contribution in [0.5, 0.6) is 17.2 Å². The second-order valence-electron chi connectivity index (χ2n) is 7.26. The maximum absolute atomic E-state index is 13.8. The zero-order chi connectivity index (χ0) is 24.0. The van der Waals surface area contributed by atoms with Crippen LogP contribution in [0.25, 0.3) is 22.1 Å². The van der Waals surface area contributed by atoms with Crippen LogP contribution in [0.4, 0.5) is 13.2 Å². The molecule has 0 bridgehead atoms. The first-order valence-electron chi connectivity index (χ1n) is 9.76. The average Bonchev–Trinajstić information content (AvgIpc) is 3.27. The maximum atomic E-state index is 13.8. The molecule has 1 aliphatic rings. The van der Waals surface area contributed by atoms with E-state index in [1.165, 1.54) is 54.6 Å². The van der Waals surface area contributed by atoms with Gasteiger partial charge < -0.3 is 18.6 Å². The monoisotopic (exact) mass is 488 g/mol. The number of esters is 1. The first kappa shape index (κ1) is 21.8. The van der Waals surface area contributed by atoms with Crippen molar-refractivity contribution in [3.8, 4) is 28.4 Å². The molecule has 5 rings (SSSR count). The van der Waals surface area contributed by atoms with Gasteiger partial charge in [0.15, 0.2) is 11.5 Å². The molecule has 0 spiro atoms. The summed E-state index contributed by atoms with van der Waals surface area (Å²) >= 11 is 5.82. The van der Waals surface area contributed by atoms with Gasteiger partial charge in [0.25, 0.3) is 0 Å². The molecule has 4 aromatic rings. The molecule has 3 aromatic carbocycles. The molecular weight excluding hydrogens is 477 g/mol. The van der Waals surface area contributed by atoms with E-state index in [1.807, 2.05) is 0 Å². The molecule has 6 nitrogen and oxygen atoms in total. The lowest BCUT2D eigenvalue weighted by atomic mass is 10.0. The lowest BCUT2D eigenvalue weighted by molar-refractivity contribution is -0.152. The highest BCUT2D eigenvalue weighted by atomic mass is 35.5. The summed E-state index contributed by atoms with van der Waals surface area (Å²) < 4.78 is 62.2. The van der Waals surface area contributed by atoms with E-state index in [4.69, 9.17) is 30.2 Å². The average molecular weight is 489 g/mol. The first-order chi connectivity index (χ1) is 16.2. The summed E-state index contributed by atoms with van der Waals surface area (Å²) in [5.41, 5.74) is -1.76. The smallest absolute Gasteiger partial charge is 0.450 e. The summed E-state index contributed by atoms with van der Waals surface area (Å²) in [6, 6.07) is 13.4. The Bertz CT molecular complexity index is 1490. The van der Waals surface area contributed by atoms with Crippen LogP contribution in [-0.4, -0.2) is 12.8 Å². The Labute approximate surface area is 194 Å². The number of ether oxygens (including phenoxy) is 3. The molecule has 0 radical (unpaired) electrons. The molecular formula is C24H12ClF3O6.